The van der Waals surface area contributed by atoms with E-state index in [-0.39, 0.29) is 5.91 Å². The molecule has 3 heterocycles. The molecule has 30 heavy (non-hydrogen) atoms. The van der Waals surface area contributed by atoms with Crippen LogP contribution in [0.1, 0.15) is 10.4 Å². The number of likely N-dealkylation sites (N-methyl/N-ethyl adjacent to an activating group) is 1. The van der Waals surface area contributed by atoms with Gasteiger partial charge in [-0.15, -0.1) is 5.10 Å². The summed E-state index contributed by atoms with van der Waals surface area (Å²) in [6.45, 7) is 3.86. The van der Waals surface area contributed by atoms with E-state index in [1.165, 1.54) is 24.2 Å². The zero-order valence-electron chi connectivity index (χ0n) is 16.6. The third kappa shape index (κ3) is 4.19. The molecule has 2 aromatic heterocycles. The number of tetrazole rings is 1. The lowest BCUT2D eigenvalue weighted by Crippen LogP contribution is -2.44. The van der Waals surface area contributed by atoms with Gasteiger partial charge in [-0.3, -0.25) is 4.79 Å². The lowest BCUT2D eigenvalue weighted by molar-refractivity contribution is 0.102. The molecule has 1 aromatic carbocycles. The number of hydrogen-bond donors (Lipinski definition) is 1. The van der Waals surface area contributed by atoms with E-state index >= 15 is 0 Å². The van der Waals surface area contributed by atoms with Crippen LogP contribution in [0.3, 0.4) is 0 Å². The van der Waals surface area contributed by atoms with Crippen LogP contribution in [0.4, 0.5) is 11.5 Å². The third-order valence-corrected chi connectivity index (χ3v) is 5.25. The molecule has 0 saturated carbocycles. The minimum absolute atomic E-state index is 0.294. The molecule has 1 aliphatic rings. The fourth-order valence-electron chi connectivity index (χ4n) is 3.22. The van der Waals surface area contributed by atoms with Crippen LogP contribution in [0, 0.1) is 0 Å². The van der Waals surface area contributed by atoms with E-state index in [4.69, 9.17) is 16.3 Å². The molecule has 0 radical (unpaired) electrons. The van der Waals surface area contributed by atoms with E-state index in [1.54, 1.807) is 12.3 Å². The Balaban J connectivity index is 1.50. The molecule has 10 nitrogen and oxygen atoms in total. The lowest BCUT2D eigenvalue weighted by Gasteiger charge is -2.33. The molecule has 1 aliphatic heterocycles. The highest BCUT2D eigenvalue weighted by atomic mass is 35.5. The summed E-state index contributed by atoms with van der Waals surface area (Å²) in [5.41, 5.74) is 1.39. The van der Waals surface area contributed by atoms with Gasteiger partial charge in [-0.05, 0) is 35.7 Å². The Morgan fingerprint density at radius 3 is 2.63 bits per heavy atom. The molecule has 0 unspecified atom stereocenters. The number of amides is 1. The van der Waals surface area contributed by atoms with Crippen LogP contribution in [-0.4, -0.2) is 76.3 Å². The molecule has 0 atom stereocenters. The fourth-order valence-corrected chi connectivity index (χ4v) is 3.47. The Bertz CT molecular complexity index is 1020. The van der Waals surface area contributed by atoms with Crippen molar-refractivity contribution in [2.45, 2.75) is 0 Å². The summed E-state index contributed by atoms with van der Waals surface area (Å²) in [4.78, 5) is 21.8. The molecule has 0 aliphatic carbocycles. The summed E-state index contributed by atoms with van der Waals surface area (Å²) >= 11 is 6.34. The molecule has 0 bridgehead atoms. The number of methoxy groups -OCH3 is 1. The maximum Gasteiger partial charge on any atom is 0.259 e. The van der Waals surface area contributed by atoms with Gasteiger partial charge >= 0.3 is 0 Å². The van der Waals surface area contributed by atoms with Gasteiger partial charge in [-0.1, -0.05) is 11.6 Å². The summed E-state index contributed by atoms with van der Waals surface area (Å²) in [5, 5.41) is 14.2. The van der Waals surface area contributed by atoms with Crippen molar-refractivity contribution >= 4 is 29.0 Å². The van der Waals surface area contributed by atoms with Crippen molar-refractivity contribution in [1.29, 1.82) is 0 Å². The highest BCUT2D eigenvalue weighted by Gasteiger charge is 2.19. The van der Waals surface area contributed by atoms with Crippen LogP contribution in [0.2, 0.25) is 5.02 Å². The van der Waals surface area contributed by atoms with Crippen LogP contribution in [0.15, 0.2) is 36.8 Å². The van der Waals surface area contributed by atoms with E-state index in [2.05, 4.69) is 42.7 Å². The van der Waals surface area contributed by atoms with Gasteiger partial charge in [-0.25, -0.2) is 4.98 Å². The predicted molar refractivity (Wildman–Crippen MR) is 113 cm³/mol. The number of benzene rings is 1. The molecule has 1 fully saturated rings. The first-order chi connectivity index (χ1) is 14.5. The number of nitrogens with zero attached hydrogens (tertiary/aromatic N) is 7. The SMILES string of the molecule is COc1cc(-n2cnnn2)c(Cl)cc1C(=O)Nc1ccc(N2CCN(C)CC2)nc1. The number of nitrogens with one attached hydrogen (secondary N) is 1. The summed E-state index contributed by atoms with van der Waals surface area (Å²) < 4.78 is 6.77. The highest BCUT2D eigenvalue weighted by molar-refractivity contribution is 6.33. The van der Waals surface area contributed by atoms with Crippen LogP contribution >= 0.6 is 11.6 Å². The Hall–Kier alpha value is -3.24. The second-order valence-corrected chi connectivity index (χ2v) is 7.32. The molecule has 1 amide bonds. The molecule has 0 spiro atoms. The number of halogens is 1. The Kier molecular flexibility index (Phi) is 5.77. The first kappa shape index (κ1) is 20.0. The molecule has 4 rings (SSSR count). The number of rotatable bonds is 5. The van der Waals surface area contributed by atoms with E-state index in [1.807, 2.05) is 12.1 Å². The number of aromatic nitrogens is 5. The van der Waals surface area contributed by atoms with Gasteiger partial charge in [0, 0.05) is 32.2 Å². The van der Waals surface area contributed by atoms with E-state index in [0.29, 0.717) is 27.7 Å². The zero-order valence-corrected chi connectivity index (χ0v) is 17.4. The Labute approximate surface area is 178 Å². The van der Waals surface area contributed by atoms with E-state index in [9.17, 15) is 4.79 Å². The third-order valence-electron chi connectivity index (χ3n) is 4.94. The number of hydrogen-bond acceptors (Lipinski definition) is 8. The molecule has 3 aromatic rings. The van der Waals surface area contributed by atoms with Gasteiger partial charge < -0.3 is 19.9 Å². The van der Waals surface area contributed by atoms with Crippen LogP contribution in [0.5, 0.6) is 5.75 Å². The fraction of sp³-hybridized carbons (Fsp3) is 0.316. The topological polar surface area (TPSA) is 101 Å². The van der Waals surface area contributed by atoms with Crippen LogP contribution in [0.25, 0.3) is 5.69 Å². The Morgan fingerprint density at radius 2 is 2.00 bits per heavy atom. The summed E-state index contributed by atoms with van der Waals surface area (Å²) in [6, 6.07) is 6.88. The minimum Gasteiger partial charge on any atom is -0.496 e. The summed E-state index contributed by atoms with van der Waals surface area (Å²) in [7, 11) is 3.59. The van der Waals surface area contributed by atoms with Gasteiger partial charge in [0.25, 0.3) is 5.91 Å². The second kappa shape index (κ2) is 8.64. The molecular weight excluding hydrogens is 408 g/mol. The maximum absolute atomic E-state index is 12.8. The molecule has 11 heteroatoms. The average molecular weight is 429 g/mol. The second-order valence-electron chi connectivity index (χ2n) is 6.91. The average Bonchev–Trinajstić information content (AvgIpc) is 3.29. The number of carbonyl (C=O) groups excluding carboxylic acids is 1. The summed E-state index contributed by atoms with van der Waals surface area (Å²) in [5.74, 6) is 0.892. The van der Waals surface area contributed by atoms with Crippen molar-refractivity contribution in [3.63, 3.8) is 0 Å². The minimum atomic E-state index is -0.355. The number of carbonyl (C=O) groups is 1. The molecule has 1 saturated heterocycles. The first-order valence-corrected chi connectivity index (χ1v) is 9.75. The standard InChI is InChI=1S/C19H21ClN8O2/c1-26-5-7-27(8-6-26)18-4-3-13(11-21-18)23-19(29)14-9-15(20)16(10-17(14)30-2)28-12-22-24-25-28/h3-4,9-12H,5-8H2,1-2H3,(H,23,29). The highest BCUT2D eigenvalue weighted by Crippen LogP contribution is 2.30. The van der Waals surface area contributed by atoms with Gasteiger partial charge in [-0.2, -0.15) is 4.68 Å². The number of ether oxygens (including phenoxy) is 1. The van der Waals surface area contributed by atoms with Crippen molar-refractivity contribution < 1.29 is 9.53 Å². The van der Waals surface area contributed by atoms with Gasteiger partial charge in [0.2, 0.25) is 0 Å². The largest absolute Gasteiger partial charge is 0.496 e. The number of anilines is 2. The first-order valence-electron chi connectivity index (χ1n) is 9.37. The quantitative estimate of drug-likeness (QED) is 0.655. The molecule has 1 N–H and O–H groups in total. The van der Waals surface area contributed by atoms with Crippen molar-refractivity contribution in [3.05, 3.63) is 47.4 Å². The van der Waals surface area contributed by atoms with Crippen molar-refractivity contribution in [2.24, 2.45) is 0 Å². The summed E-state index contributed by atoms with van der Waals surface area (Å²) in [6.07, 6.45) is 3.06. The number of piperazine rings is 1. The maximum atomic E-state index is 12.8. The normalized spacial score (nSPS) is 14.6. The zero-order chi connectivity index (χ0) is 21.1. The Morgan fingerprint density at radius 1 is 1.20 bits per heavy atom. The van der Waals surface area contributed by atoms with Crippen molar-refractivity contribution in [2.75, 3.05) is 50.6 Å². The smallest absolute Gasteiger partial charge is 0.259 e. The lowest BCUT2D eigenvalue weighted by atomic mass is 10.1. The van der Waals surface area contributed by atoms with Crippen molar-refractivity contribution in [1.82, 2.24) is 30.1 Å². The predicted octanol–water partition coefficient (Wildman–Crippen LogP) is 1.72. The van der Waals surface area contributed by atoms with Crippen molar-refractivity contribution in [3.8, 4) is 11.4 Å². The number of pyridine rings is 1. The van der Waals surface area contributed by atoms with Gasteiger partial charge in [0.1, 0.15) is 17.9 Å². The van der Waals surface area contributed by atoms with E-state index < -0.39 is 0 Å². The van der Waals surface area contributed by atoms with E-state index in [0.717, 1.165) is 32.0 Å². The monoisotopic (exact) mass is 428 g/mol. The van der Waals surface area contributed by atoms with Crippen LogP contribution < -0.4 is 15.0 Å². The van der Waals surface area contributed by atoms with Crippen LogP contribution in [-0.2, 0) is 0 Å². The molecular formula is C19H21ClN8O2. The van der Waals surface area contributed by atoms with Gasteiger partial charge in [0.05, 0.1) is 35.3 Å². The molecule has 156 valence electrons. The van der Waals surface area contributed by atoms with Gasteiger partial charge in [0.15, 0.2) is 0 Å².